The van der Waals surface area contributed by atoms with Crippen molar-refractivity contribution in [3.05, 3.63) is 34.9 Å². The number of aryl methyl sites for hydroxylation is 2. The van der Waals surface area contributed by atoms with Gasteiger partial charge in [-0.3, -0.25) is 4.90 Å². The largest absolute Gasteiger partial charge is 0.314 e. The summed E-state index contributed by atoms with van der Waals surface area (Å²) in [5.41, 5.74) is 3.88. The Morgan fingerprint density at radius 3 is 2.72 bits per heavy atom. The monoisotopic (exact) mass is 243 g/mol. The van der Waals surface area contributed by atoms with E-state index >= 15 is 0 Å². The second kappa shape index (κ2) is 5.99. The average molecular weight is 243 g/mol. The van der Waals surface area contributed by atoms with E-state index in [-0.39, 0.29) is 6.04 Å². The molecule has 1 N–H and O–H groups in total. The highest BCUT2D eigenvalue weighted by molar-refractivity contribution is 5.33. The van der Waals surface area contributed by atoms with E-state index in [1.165, 1.54) is 16.7 Å². The van der Waals surface area contributed by atoms with Crippen molar-refractivity contribution in [3.63, 3.8) is 0 Å². The molecule has 3 nitrogen and oxygen atoms in total. The Hall–Kier alpha value is -1.37. The third-order valence-corrected chi connectivity index (χ3v) is 3.67. The van der Waals surface area contributed by atoms with Crippen LogP contribution >= 0.6 is 0 Å². The van der Waals surface area contributed by atoms with Crippen LogP contribution in [0.3, 0.4) is 0 Å². The highest BCUT2D eigenvalue weighted by Crippen LogP contribution is 2.27. The van der Waals surface area contributed by atoms with Crippen molar-refractivity contribution in [1.29, 1.82) is 5.26 Å². The number of benzene rings is 1. The maximum atomic E-state index is 9.10. The Labute approximate surface area is 109 Å². The highest BCUT2D eigenvalue weighted by Gasteiger charge is 2.23. The van der Waals surface area contributed by atoms with Gasteiger partial charge in [-0.25, -0.2) is 0 Å². The zero-order valence-electron chi connectivity index (χ0n) is 11.2. The quantitative estimate of drug-likeness (QED) is 0.884. The summed E-state index contributed by atoms with van der Waals surface area (Å²) in [6.07, 6.45) is 0.574. The predicted molar refractivity (Wildman–Crippen MR) is 73.3 cm³/mol. The molecule has 1 saturated heterocycles. The van der Waals surface area contributed by atoms with Gasteiger partial charge in [0.1, 0.15) is 0 Å². The molecular formula is C15H21N3. The topological polar surface area (TPSA) is 39.1 Å². The fraction of sp³-hybridized carbons (Fsp3) is 0.533. The lowest BCUT2D eigenvalue weighted by atomic mass is 9.95. The van der Waals surface area contributed by atoms with Crippen molar-refractivity contribution < 1.29 is 0 Å². The lowest BCUT2D eigenvalue weighted by Gasteiger charge is -2.34. The van der Waals surface area contributed by atoms with Gasteiger partial charge in [-0.15, -0.1) is 0 Å². The van der Waals surface area contributed by atoms with E-state index in [1.54, 1.807) is 0 Å². The zero-order valence-corrected chi connectivity index (χ0v) is 11.2. The van der Waals surface area contributed by atoms with Crippen LogP contribution in [0.25, 0.3) is 0 Å². The fourth-order valence-electron chi connectivity index (χ4n) is 2.63. The molecule has 0 spiro atoms. The summed E-state index contributed by atoms with van der Waals surface area (Å²) < 4.78 is 0. The van der Waals surface area contributed by atoms with Gasteiger partial charge >= 0.3 is 0 Å². The molecule has 0 saturated carbocycles. The summed E-state index contributed by atoms with van der Waals surface area (Å²) in [5, 5.41) is 12.5. The fourth-order valence-corrected chi connectivity index (χ4v) is 2.63. The first-order valence-corrected chi connectivity index (χ1v) is 6.61. The van der Waals surface area contributed by atoms with Gasteiger partial charge in [-0.2, -0.15) is 5.26 Å². The molecule has 0 bridgehead atoms. The van der Waals surface area contributed by atoms with Crippen LogP contribution in [0, 0.1) is 25.2 Å². The summed E-state index contributed by atoms with van der Waals surface area (Å²) in [6, 6.07) is 9.13. The number of hydrogen-bond donors (Lipinski definition) is 1. The average Bonchev–Trinajstić information content (AvgIpc) is 2.40. The van der Waals surface area contributed by atoms with Gasteiger partial charge in [0.15, 0.2) is 0 Å². The SMILES string of the molecule is Cc1ccc(C)c([C@H](CC#N)N2CCNCC2)c1. The van der Waals surface area contributed by atoms with Gasteiger partial charge in [-0.1, -0.05) is 23.8 Å². The second-order valence-corrected chi connectivity index (χ2v) is 5.02. The molecule has 0 aromatic heterocycles. The second-order valence-electron chi connectivity index (χ2n) is 5.02. The molecule has 1 aliphatic rings. The molecule has 1 fully saturated rings. The number of hydrogen-bond acceptors (Lipinski definition) is 3. The summed E-state index contributed by atoms with van der Waals surface area (Å²) >= 11 is 0. The number of piperazine rings is 1. The predicted octanol–water partition coefficient (Wildman–Crippen LogP) is 2.16. The minimum atomic E-state index is 0.247. The molecule has 18 heavy (non-hydrogen) atoms. The lowest BCUT2D eigenvalue weighted by Crippen LogP contribution is -2.45. The number of nitrogens with zero attached hydrogens (tertiary/aromatic N) is 2. The zero-order chi connectivity index (χ0) is 13.0. The van der Waals surface area contributed by atoms with Gasteiger partial charge in [0.2, 0.25) is 0 Å². The van der Waals surface area contributed by atoms with Crippen LogP contribution in [0.2, 0.25) is 0 Å². The molecule has 0 unspecified atom stereocenters. The van der Waals surface area contributed by atoms with Crippen LogP contribution in [-0.2, 0) is 0 Å². The highest BCUT2D eigenvalue weighted by atomic mass is 15.2. The third kappa shape index (κ3) is 2.90. The summed E-state index contributed by atoms with van der Waals surface area (Å²) in [7, 11) is 0. The van der Waals surface area contributed by atoms with Crippen LogP contribution in [0.5, 0.6) is 0 Å². The van der Waals surface area contributed by atoms with Crippen LogP contribution in [-0.4, -0.2) is 31.1 Å². The molecule has 1 aromatic carbocycles. The van der Waals surface area contributed by atoms with Crippen molar-refractivity contribution in [3.8, 4) is 6.07 Å². The van der Waals surface area contributed by atoms with E-state index in [4.69, 9.17) is 5.26 Å². The first kappa shape index (κ1) is 13.1. The van der Waals surface area contributed by atoms with Crippen LogP contribution in [0.1, 0.15) is 29.2 Å². The Morgan fingerprint density at radius 2 is 2.06 bits per heavy atom. The first-order chi connectivity index (χ1) is 8.72. The van der Waals surface area contributed by atoms with Crippen LogP contribution in [0.15, 0.2) is 18.2 Å². The minimum Gasteiger partial charge on any atom is -0.314 e. The molecule has 96 valence electrons. The molecule has 0 amide bonds. The lowest BCUT2D eigenvalue weighted by molar-refractivity contribution is 0.175. The van der Waals surface area contributed by atoms with Crippen LogP contribution in [0.4, 0.5) is 0 Å². The smallest absolute Gasteiger partial charge is 0.0641 e. The molecule has 1 heterocycles. The van der Waals surface area contributed by atoms with E-state index in [1.807, 2.05) is 0 Å². The molecule has 2 rings (SSSR count). The van der Waals surface area contributed by atoms with Crippen molar-refractivity contribution in [1.82, 2.24) is 10.2 Å². The van der Waals surface area contributed by atoms with E-state index in [0.717, 1.165) is 26.2 Å². The number of nitrogens with one attached hydrogen (secondary N) is 1. The molecule has 0 aliphatic carbocycles. The molecule has 3 heteroatoms. The van der Waals surface area contributed by atoms with Crippen molar-refractivity contribution in [2.45, 2.75) is 26.3 Å². The molecule has 1 aromatic rings. The van der Waals surface area contributed by atoms with Crippen molar-refractivity contribution in [2.75, 3.05) is 26.2 Å². The van der Waals surface area contributed by atoms with Gasteiger partial charge < -0.3 is 5.32 Å². The van der Waals surface area contributed by atoms with Gasteiger partial charge in [0.05, 0.1) is 12.5 Å². The van der Waals surface area contributed by atoms with Gasteiger partial charge in [-0.05, 0) is 25.0 Å². The maximum Gasteiger partial charge on any atom is 0.0641 e. The molecule has 1 atom stereocenters. The van der Waals surface area contributed by atoms with Gasteiger partial charge in [0, 0.05) is 32.2 Å². The Kier molecular flexibility index (Phi) is 4.35. The van der Waals surface area contributed by atoms with Crippen LogP contribution < -0.4 is 5.32 Å². The van der Waals surface area contributed by atoms with Crippen molar-refractivity contribution in [2.24, 2.45) is 0 Å². The van der Waals surface area contributed by atoms with Crippen molar-refractivity contribution >= 4 is 0 Å². The molecular weight excluding hydrogens is 222 g/mol. The molecule has 0 radical (unpaired) electrons. The summed E-state index contributed by atoms with van der Waals surface area (Å²) in [5.74, 6) is 0. The molecule has 1 aliphatic heterocycles. The van der Waals surface area contributed by atoms with E-state index in [0.29, 0.717) is 6.42 Å². The first-order valence-electron chi connectivity index (χ1n) is 6.61. The normalized spacial score (nSPS) is 18.3. The number of nitriles is 1. The van der Waals surface area contributed by atoms with E-state index < -0.39 is 0 Å². The Bertz CT molecular complexity index is 442. The van der Waals surface area contributed by atoms with Gasteiger partial charge in [0.25, 0.3) is 0 Å². The Balaban J connectivity index is 2.28. The summed E-state index contributed by atoms with van der Waals surface area (Å²) in [4.78, 5) is 2.43. The third-order valence-electron chi connectivity index (χ3n) is 3.67. The Morgan fingerprint density at radius 1 is 1.33 bits per heavy atom. The van der Waals surface area contributed by atoms with E-state index in [9.17, 15) is 0 Å². The minimum absolute atomic E-state index is 0.247. The maximum absolute atomic E-state index is 9.10. The van der Waals surface area contributed by atoms with E-state index in [2.05, 4.69) is 48.3 Å². The number of rotatable bonds is 3. The standard InChI is InChI=1S/C15H21N3/c1-12-3-4-13(2)14(11-12)15(5-6-16)18-9-7-17-8-10-18/h3-4,11,15,17H,5,7-10H2,1-2H3/t15-/m0/s1. The summed E-state index contributed by atoms with van der Waals surface area (Å²) in [6.45, 7) is 8.35.